The Morgan fingerprint density at radius 1 is 0.547 bits per heavy atom. The predicted molar refractivity (Wildman–Crippen MR) is 199 cm³/mol. The molecule has 2 aliphatic heterocycles. The number of Topliss-reactive ketones (excluding diaryl/α,β-unsaturated/α-hetero) is 1. The zero-order valence-electron chi connectivity index (χ0n) is 32.9. The third kappa shape index (κ3) is 12.1. The van der Waals surface area contributed by atoms with Crippen LogP contribution in [-0.4, -0.2) is 130 Å². The average molecular weight is 763 g/mol. The fraction of sp³-hybridized carbons (Fsp3) is 0.950. The van der Waals surface area contributed by atoms with Crippen LogP contribution in [0.5, 0.6) is 0 Å². The molecule has 13 nitrogen and oxygen atoms in total. The summed E-state index contributed by atoms with van der Waals surface area (Å²) in [7, 11) is 0. The summed E-state index contributed by atoms with van der Waals surface area (Å²) in [5, 5.41) is 101. The second-order valence-electron chi connectivity index (χ2n) is 15.9. The van der Waals surface area contributed by atoms with Crippen molar-refractivity contribution in [1.82, 2.24) is 0 Å². The van der Waals surface area contributed by atoms with Crippen LogP contribution in [0.15, 0.2) is 0 Å². The Morgan fingerprint density at radius 3 is 1.32 bits per heavy atom. The number of unbranched alkanes of at least 4 members (excludes halogenated alkanes) is 17. The number of hydrogen-bond acceptors (Lipinski definition) is 12. The number of carbonyl (C=O) groups excluding carboxylic acids is 1. The lowest BCUT2D eigenvalue weighted by atomic mass is 9.56. The fourth-order valence-electron chi connectivity index (χ4n) is 8.36. The van der Waals surface area contributed by atoms with Gasteiger partial charge in [0, 0.05) is 0 Å². The first-order valence-electron chi connectivity index (χ1n) is 20.7. The van der Waals surface area contributed by atoms with Gasteiger partial charge in [-0.05, 0) is 26.7 Å². The zero-order valence-corrected chi connectivity index (χ0v) is 32.9. The van der Waals surface area contributed by atoms with Crippen molar-refractivity contribution in [3.63, 3.8) is 0 Å². The van der Waals surface area contributed by atoms with Crippen LogP contribution in [0, 0.1) is 5.41 Å². The van der Waals surface area contributed by atoms with Crippen LogP contribution in [-0.2, 0) is 19.1 Å². The minimum Gasteiger partial charge on any atom is -0.480 e. The molecule has 13 atom stereocenters. The first-order valence-corrected chi connectivity index (χ1v) is 20.7. The molecule has 2 saturated heterocycles. The van der Waals surface area contributed by atoms with Crippen LogP contribution >= 0.6 is 0 Å². The number of carboxylic acids is 1. The second-order valence-corrected chi connectivity index (χ2v) is 15.9. The monoisotopic (exact) mass is 763 g/mol. The lowest BCUT2D eigenvalue weighted by Crippen LogP contribution is -2.78. The smallest absolute Gasteiger partial charge is 0.323 e. The van der Waals surface area contributed by atoms with Crippen molar-refractivity contribution in [2.75, 3.05) is 0 Å². The van der Waals surface area contributed by atoms with Gasteiger partial charge in [0.25, 0.3) is 0 Å². The topological polar surface area (TPSA) is 235 Å². The quantitative estimate of drug-likeness (QED) is 0.0430. The highest BCUT2D eigenvalue weighted by atomic mass is 16.6. The van der Waals surface area contributed by atoms with Crippen molar-refractivity contribution in [2.45, 2.75) is 235 Å². The summed E-state index contributed by atoms with van der Waals surface area (Å²) in [5.74, 6) is -3.42. The van der Waals surface area contributed by atoms with Gasteiger partial charge in [-0.1, -0.05) is 136 Å². The molecule has 312 valence electrons. The summed E-state index contributed by atoms with van der Waals surface area (Å²) in [6.07, 6.45) is -3.67. The molecule has 0 aromatic heterocycles. The van der Waals surface area contributed by atoms with E-state index in [2.05, 4.69) is 13.8 Å². The molecule has 0 radical (unpaired) electrons. The Hall–Kier alpha value is -1.26. The predicted octanol–water partition coefficient (Wildman–Crippen LogP) is 3.69. The summed E-state index contributed by atoms with van der Waals surface area (Å²) in [5.41, 5.74) is -6.26. The minimum atomic E-state index is -3.28. The molecule has 0 aromatic carbocycles. The maximum Gasteiger partial charge on any atom is 0.323 e. The highest BCUT2D eigenvalue weighted by Crippen LogP contribution is 2.51. The largest absolute Gasteiger partial charge is 0.480 e. The highest BCUT2D eigenvalue weighted by molar-refractivity contribution is 6.07. The van der Waals surface area contributed by atoms with E-state index in [1.54, 1.807) is 0 Å². The number of ketones is 1. The summed E-state index contributed by atoms with van der Waals surface area (Å²) in [4.78, 5) is 28.6. The molecule has 0 saturated carbocycles. The normalized spacial score (nSPS) is 32.2. The molecule has 0 spiro atoms. The van der Waals surface area contributed by atoms with Gasteiger partial charge in [-0.25, -0.2) is 0 Å². The fourth-order valence-corrected chi connectivity index (χ4v) is 8.36. The summed E-state index contributed by atoms with van der Waals surface area (Å²) >= 11 is 0. The van der Waals surface area contributed by atoms with Crippen LogP contribution in [0.25, 0.3) is 0 Å². The number of aliphatic carboxylic acids is 1. The maximum atomic E-state index is 14.7. The molecule has 2 fully saturated rings. The van der Waals surface area contributed by atoms with Crippen LogP contribution in [0.4, 0.5) is 0 Å². The molecule has 2 rings (SSSR count). The number of carbonyl (C=O) groups is 2. The van der Waals surface area contributed by atoms with E-state index < -0.39 is 96.3 Å². The Kier molecular flexibility index (Phi) is 21.4. The van der Waals surface area contributed by atoms with Gasteiger partial charge in [-0.2, -0.15) is 0 Å². The van der Waals surface area contributed by atoms with Crippen molar-refractivity contribution < 1.29 is 65.0 Å². The van der Waals surface area contributed by atoms with Crippen molar-refractivity contribution in [1.29, 1.82) is 0 Å². The first-order chi connectivity index (χ1) is 25.1. The van der Waals surface area contributed by atoms with E-state index in [-0.39, 0.29) is 12.8 Å². The minimum absolute atomic E-state index is 0.117. The van der Waals surface area contributed by atoms with Gasteiger partial charge >= 0.3 is 5.97 Å². The first kappa shape index (κ1) is 47.9. The van der Waals surface area contributed by atoms with Crippen LogP contribution in [0.3, 0.4) is 0 Å². The maximum absolute atomic E-state index is 14.7. The van der Waals surface area contributed by atoms with E-state index >= 15 is 0 Å². The number of carboxylic acid groups (broad SMARTS) is 1. The van der Waals surface area contributed by atoms with Gasteiger partial charge in [-0.3, -0.25) is 9.59 Å². The molecule has 2 heterocycles. The van der Waals surface area contributed by atoms with Gasteiger partial charge in [0.05, 0.1) is 12.2 Å². The highest BCUT2D eigenvalue weighted by Gasteiger charge is 2.74. The van der Waals surface area contributed by atoms with E-state index in [1.165, 1.54) is 39.5 Å². The average Bonchev–Trinajstić information content (AvgIpc) is 3.13. The number of rotatable bonds is 27. The van der Waals surface area contributed by atoms with Crippen LogP contribution < -0.4 is 0 Å². The van der Waals surface area contributed by atoms with E-state index in [9.17, 15) is 55.5 Å². The Balaban J connectivity index is 2.50. The third-order valence-corrected chi connectivity index (χ3v) is 11.8. The number of aliphatic hydroxyl groups is 8. The summed E-state index contributed by atoms with van der Waals surface area (Å²) in [6.45, 7) is 6.95. The Morgan fingerprint density at radius 2 is 0.906 bits per heavy atom. The molecule has 2 aliphatic rings. The van der Waals surface area contributed by atoms with Crippen molar-refractivity contribution in [3.8, 4) is 0 Å². The molecular weight excluding hydrogens is 688 g/mol. The molecule has 53 heavy (non-hydrogen) atoms. The Bertz CT molecular complexity index is 1050. The van der Waals surface area contributed by atoms with Crippen molar-refractivity contribution >= 4 is 11.8 Å². The van der Waals surface area contributed by atoms with Gasteiger partial charge in [0.1, 0.15) is 60.5 Å². The van der Waals surface area contributed by atoms with Gasteiger partial charge < -0.3 is 55.4 Å². The molecular formula is C40H74O13. The lowest BCUT2D eigenvalue weighted by molar-refractivity contribution is -0.312. The number of hydrogen-bond donors (Lipinski definition) is 9. The molecule has 9 N–H and O–H groups in total. The standard InChI is InChI=1S/C40H74O13/c1-5-7-9-11-13-15-16-18-20-22-24-28(41)35(48)40(38(49)50,37-34(47)32(45)30(43)27(4)53-37)39(51,25-23-21-19-17-14-12-10-8-6-2)36-33(46)31(44)29(42)26(3)52-36/h26-34,36-37,41-47,51H,5-25H2,1-4H3,(H,49,50)/t26-,27-,28?,29-,30-,31+,32+,33+,34+,36?,37?,39?,40?/m0/s1. The molecule has 0 aliphatic carbocycles. The second kappa shape index (κ2) is 23.7. The number of aliphatic hydroxyl groups excluding tert-OH is 7. The molecule has 0 aromatic rings. The van der Waals surface area contributed by atoms with Crippen LogP contribution in [0.2, 0.25) is 0 Å². The summed E-state index contributed by atoms with van der Waals surface area (Å²) < 4.78 is 11.7. The van der Waals surface area contributed by atoms with Crippen molar-refractivity contribution in [2.24, 2.45) is 5.41 Å². The molecule has 5 unspecified atom stereocenters. The SMILES string of the molecule is CCCCCCCCCCCCC(O)C(=O)C(C(=O)O)(C1O[C@@H](C)[C@H](O)[C@@H](O)[C@H]1O)C(O)(CCCCCCCCCCC)C1O[C@@H](C)[C@H](O)[C@@H](O)[C@H]1O. The van der Waals surface area contributed by atoms with Gasteiger partial charge in [-0.15, -0.1) is 0 Å². The number of ether oxygens (including phenoxy) is 2. The Labute approximate surface area is 317 Å². The lowest BCUT2D eigenvalue weighted by Gasteiger charge is -2.56. The molecule has 13 heteroatoms. The van der Waals surface area contributed by atoms with E-state index in [0.717, 1.165) is 64.2 Å². The van der Waals surface area contributed by atoms with Crippen molar-refractivity contribution in [3.05, 3.63) is 0 Å². The van der Waals surface area contributed by atoms with Crippen LogP contribution in [0.1, 0.15) is 163 Å². The summed E-state index contributed by atoms with van der Waals surface area (Å²) in [6, 6.07) is 0. The molecule has 0 bridgehead atoms. The van der Waals surface area contributed by atoms with Gasteiger partial charge in [0.2, 0.25) is 0 Å². The van der Waals surface area contributed by atoms with E-state index in [0.29, 0.717) is 25.7 Å². The zero-order chi connectivity index (χ0) is 39.8. The van der Waals surface area contributed by atoms with E-state index in [1.807, 2.05) is 0 Å². The molecule has 0 amide bonds. The third-order valence-electron chi connectivity index (χ3n) is 11.8. The van der Waals surface area contributed by atoms with Gasteiger partial charge in [0.15, 0.2) is 11.2 Å². The van der Waals surface area contributed by atoms with E-state index in [4.69, 9.17) is 9.47 Å².